The second-order valence-corrected chi connectivity index (χ2v) is 3.11. The average Bonchev–Trinajstić information content (AvgIpc) is 1.63. The molecule has 0 aliphatic carbocycles. The van der Waals surface area contributed by atoms with Gasteiger partial charge in [-0.3, -0.25) is 0 Å². The summed E-state index contributed by atoms with van der Waals surface area (Å²) in [5.41, 5.74) is 1.40. The van der Waals surface area contributed by atoms with Crippen molar-refractivity contribution in [2.45, 2.75) is 27.2 Å². The summed E-state index contributed by atoms with van der Waals surface area (Å²) in [6.07, 6.45) is 3.24. The minimum atomic E-state index is 0.651. The van der Waals surface area contributed by atoms with E-state index >= 15 is 0 Å². The van der Waals surface area contributed by atoms with Gasteiger partial charge in [0, 0.05) is 5.88 Å². The summed E-state index contributed by atoms with van der Waals surface area (Å²) in [6, 6.07) is 0. The molecule has 0 amide bonds. The third kappa shape index (κ3) is 5.91. The normalized spacial score (nSPS) is 12.8. The maximum absolute atomic E-state index is 5.50. The first-order valence-electron chi connectivity index (χ1n) is 3.38. The van der Waals surface area contributed by atoms with Gasteiger partial charge in [-0.2, -0.15) is 0 Å². The highest BCUT2D eigenvalue weighted by atomic mass is 35.5. The van der Waals surface area contributed by atoms with Gasteiger partial charge in [0.1, 0.15) is 0 Å². The van der Waals surface area contributed by atoms with Crippen LogP contribution in [0.15, 0.2) is 11.6 Å². The van der Waals surface area contributed by atoms with E-state index in [1.54, 1.807) is 0 Å². The molecular formula is C8H15Cl. The first-order chi connectivity index (χ1) is 4.16. The minimum Gasteiger partial charge on any atom is -0.122 e. The molecule has 0 aromatic carbocycles. The van der Waals surface area contributed by atoms with Crippen molar-refractivity contribution in [3.63, 3.8) is 0 Å². The Balaban J connectivity index is 3.49. The van der Waals surface area contributed by atoms with Crippen LogP contribution in [0.2, 0.25) is 0 Å². The summed E-state index contributed by atoms with van der Waals surface area (Å²) < 4.78 is 0. The van der Waals surface area contributed by atoms with E-state index in [2.05, 4.69) is 26.8 Å². The van der Waals surface area contributed by atoms with Gasteiger partial charge in [-0.05, 0) is 19.3 Å². The smallest absolute Gasteiger partial charge is 0.0406 e. The molecule has 0 aromatic heterocycles. The molecule has 1 heteroatoms. The lowest BCUT2D eigenvalue weighted by Crippen LogP contribution is -1.87. The molecule has 0 N–H and O–H groups in total. The summed E-state index contributed by atoms with van der Waals surface area (Å²) in [5.74, 6) is 1.41. The van der Waals surface area contributed by atoms with Gasteiger partial charge in [0.15, 0.2) is 0 Å². The monoisotopic (exact) mass is 146 g/mol. The van der Waals surface area contributed by atoms with Gasteiger partial charge >= 0.3 is 0 Å². The number of halogens is 1. The molecule has 0 aliphatic rings. The maximum Gasteiger partial charge on any atom is 0.0406 e. The Kier molecular flexibility index (Phi) is 4.88. The van der Waals surface area contributed by atoms with Gasteiger partial charge in [-0.1, -0.05) is 25.5 Å². The molecule has 0 aromatic rings. The van der Waals surface area contributed by atoms with Gasteiger partial charge in [0.05, 0.1) is 0 Å². The predicted octanol–water partition coefficient (Wildman–Crippen LogP) is 3.22. The SMILES string of the molecule is C/C(=C\CCl)CC(C)C. The number of allylic oxidation sites excluding steroid dienone is 2. The molecule has 0 rings (SSSR count). The zero-order chi connectivity index (χ0) is 7.28. The Morgan fingerprint density at radius 3 is 2.44 bits per heavy atom. The molecular weight excluding hydrogens is 132 g/mol. The molecule has 0 saturated carbocycles. The molecule has 9 heavy (non-hydrogen) atoms. The van der Waals surface area contributed by atoms with Crippen molar-refractivity contribution in [2.24, 2.45) is 5.92 Å². The zero-order valence-electron chi connectivity index (χ0n) is 6.45. The first-order valence-corrected chi connectivity index (χ1v) is 3.92. The maximum atomic E-state index is 5.50. The van der Waals surface area contributed by atoms with Gasteiger partial charge in [0.25, 0.3) is 0 Å². The second-order valence-electron chi connectivity index (χ2n) is 2.80. The largest absolute Gasteiger partial charge is 0.122 e. The van der Waals surface area contributed by atoms with Crippen LogP contribution in [0.3, 0.4) is 0 Å². The van der Waals surface area contributed by atoms with Crippen molar-refractivity contribution in [3.05, 3.63) is 11.6 Å². The fourth-order valence-electron chi connectivity index (χ4n) is 0.859. The highest BCUT2D eigenvalue weighted by Crippen LogP contribution is 2.08. The van der Waals surface area contributed by atoms with E-state index in [1.165, 1.54) is 12.0 Å². The summed E-state index contributed by atoms with van der Waals surface area (Å²) in [4.78, 5) is 0. The Morgan fingerprint density at radius 2 is 2.11 bits per heavy atom. The second kappa shape index (κ2) is 4.87. The van der Waals surface area contributed by atoms with Crippen molar-refractivity contribution >= 4 is 11.6 Å². The Bertz CT molecular complexity index is 92.7. The summed E-state index contributed by atoms with van der Waals surface area (Å²) in [5, 5.41) is 0. The highest BCUT2D eigenvalue weighted by molar-refractivity contribution is 6.18. The lowest BCUT2D eigenvalue weighted by molar-refractivity contribution is 0.642. The molecule has 0 saturated heterocycles. The molecule has 0 bridgehead atoms. The van der Waals surface area contributed by atoms with Crippen LogP contribution < -0.4 is 0 Å². The van der Waals surface area contributed by atoms with Crippen molar-refractivity contribution < 1.29 is 0 Å². The van der Waals surface area contributed by atoms with Crippen LogP contribution in [-0.2, 0) is 0 Å². The third-order valence-corrected chi connectivity index (χ3v) is 1.31. The number of hydrogen-bond donors (Lipinski definition) is 0. The van der Waals surface area contributed by atoms with Crippen LogP contribution in [0.5, 0.6) is 0 Å². The Morgan fingerprint density at radius 1 is 1.56 bits per heavy atom. The van der Waals surface area contributed by atoms with E-state index in [1.807, 2.05) is 0 Å². The molecule has 0 unspecified atom stereocenters. The molecule has 0 fully saturated rings. The molecule has 0 radical (unpaired) electrons. The lowest BCUT2D eigenvalue weighted by atomic mass is 10.0. The van der Waals surface area contributed by atoms with Crippen LogP contribution in [-0.4, -0.2) is 5.88 Å². The molecule has 0 atom stereocenters. The summed E-state index contributed by atoms with van der Waals surface area (Å²) >= 11 is 5.50. The Hall–Kier alpha value is 0.0300. The number of alkyl halides is 1. The molecule has 54 valence electrons. The molecule has 0 spiro atoms. The lowest BCUT2D eigenvalue weighted by Gasteiger charge is -2.02. The van der Waals surface area contributed by atoms with E-state index < -0.39 is 0 Å². The Labute approximate surface area is 62.9 Å². The van der Waals surface area contributed by atoms with Gasteiger partial charge < -0.3 is 0 Å². The molecule has 0 nitrogen and oxygen atoms in total. The zero-order valence-corrected chi connectivity index (χ0v) is 7.20. The van der Waals surface area contributed by atoms with E-state index in [0.717, 1.165) is 5.92 Å². The van der Waals surface area contributed by atoms with E-state index in [9.17, 15) is 0 Å². The minimum absolute atomic E-state index is 0.651. The molecule has 0 heterocycles. The van der Waals surface area contributed by atoms with Gasteiger partial charge in [0.2, 0.25) is 0 Å². The van der Waals surface area contributed by atoms with E-state index in [0.29, 0.717) is 5.88 Å². The third-order valence-electron chi connectivity index (χ3n) is 1.16. The summed E-state index contributed by atoms with van der Waals surface area (Å²) in [7, 11) is 0. The average molecular weight is 147 g/mol. The first kappa shape index (κ1) is 9.03. The summed E-state index contributed by atoms with van der Waals surface area (Å²) in [6.45, 7) is 6.56. The van der Waals surface area contributed by atoms with Crippen LogP contribution >= 0.6 is 11.6 Å². The van der Waals surface area contributed by atoms with Crippen LogP contribution in [0.4, 0.5) is 0 Å². The van der Waals surface area contributed by atoms with Crippen molar-refractivity contribution in [1.82, 2.24) is 0 Å². The topological polar surface area (TPSA) is 0 Å². The fraction of sp³-hybridized carbons (Fsp3) is 0.750. The molecule has 0 aliphatic heterocycles. The van der Waals surface area contributed by atoms with E-state index in [4.69, 9.17) is 11.6 Å². The number of hydrogen-bond acceptors (Lipinski definition) is 0. The highest BCUT2D eigenvalue weighted by Gasteiger charge is 1.93. The van der Waals surface area contributed by atoms with Crippen molar-refractivity contribution in [2.75, 3.05) is 5.88 Å². The van der Waals surface area contributed by atoms with Gasteiger partial charge in [-0.15, -0.1) is 11.6 Å². The van der Waals surface area contributed by atoms with Gasteiger partial charge in [-0.25, -0.2) is 0 Å². The quantitative estimate of drug-likeness (QED) is 0.424. The van der Waals surface area contributed by atoms with Crippen LogP contribution in [0.1, 0.15) is 27.2 Å². The van der Waals surface area contributed by atoms with Crippen LogP contribution in [0.25, 0.3) is 0 Å². The standard InChI is InChI=1S/C8H15Cl/c1-7(2)6-8(3)4-5-9/h4,7H,5-6H2,1-3H3/b8-4+. The van der Waals surface area contributed by atoms with Crippen molar-refractivity contribution in [3.8, 4) is 0 Å². The number of rotatable bonds is 3. The van der Waals surface area contributed by atoms with E-state index in [-0.39, 0.29) is 0 Å². The van der Waals surface area contributed by atoms with Crippen molar-refractivity contribution in [1.29, 1.82) is 0 Å². The predicted molar refractivity (Wildman–Crippen MR) is 43.9 cm³/mol. The van der Waals surface area contributed by atoms with Crippen LogP contribution in [0, 0.1) is 5.92 Å². The fourth-order valence-corrected chi connectivity index (χ4v) is 1.12.